The number of carboxylic acid groups (broad SMARTS) is 1. The predicted molar refractivity (Wildman–Crippen MR) is 69.1 cm³/mol. The van der Waals surface area contributed by atoms with Gasteiger partial charge in [0.15, 0.2) is 0 Å². The molecule has 1 N–H and O–H groups in total. The Morgan fingerprint density at radius 3 is 2.65 bits per heavy atom. The largest absolute Gasteiger partial charge is 0.481 e. The van der Waals surface area contributed by atoms with Gasteiger partial charge in [0.05, 0.1) is 0 Å². The first-order valence-corrected chi connectivity index (χ1v) is 6.48. The summed E-state index contributed by atoms with van der Waals surface area (Å²) in [6, 6.07) is 0.369. The Morgan fingerprint density at radius 2 is 2.18 bits per heavy atom. The Bertz CT molecular complexity index is 256. The van der Waals surface area contributed by atoms with E-state index in [1.54, 1.807) is 0 Å². The Hall–Kier alpha value is -0.610. The molecule has 17 heavy (non-hydrogen) atoms. The van der Waals surface area contributed by atoms with Crippen LogP contribution in [0.3, 0.4) is 0 Å². The van der Waals surface area contributed by atoms with Crippen molar-refractivity contribution in [3.8, 4) is 0 Å². The highest BCUT2D eigenvalue weighted by molar-refractivity contribution is 5.67. The molecule has 0 saturated carbocycles. The third-order valence-corrected chi connectivity index (χ3v) is 3.82. The van der Waals surface area contributed by atoms with Gasteiger partial charge in [-0.05, 0) is 52.4 Å². The van der Waals surface area contributed by atoms with Crippen LogP contribution >= 0.6 is 0 Å². The summed E-state index contributed by atoms with van der Waals surface area (Å²) in [4.78, 5) is 15.4. The summed E-state index contributed by atoms with van der Waals surface area (Å²) < 4.78 is 0. The summed E-state index contributed by atoms with van der Waals surface area (Å²) in [5.41, 5.74) is 0. The quantitative estimate of drug-likeness (QED) is 0.791. The van der Waals surface area contributed by atoms with Crippen LogP contribution in [0.15, 0.2) is 0 Å². The SMILES string of the molecule is CC(CC(=O)O)C(C1CCCN(C)C1)N(C)C. The average molecular weight is 242 g/mol. The second kappa shape index (κ2) is 6.36. The van der Waals surface area contributed by atoms with Crippen molar-refractivity contribution in [3.05, 3.63) is 0 Å². The van der Waals surface area contributed by atoms with Crippen LogP contribution in [0.1, 0.15) is 26.2 Å². The van der Waals surface area contributed by atoms with E-state index in [0.29, 0.717) is 12.0 Å². The van der Waals surface area contributed by atoms with E-state index < -0.39 is 5.97 Å². The molecule has 0 radical (unpaired) electrons. The molecular formula is C13H26N2O2. The number of hydrogen-bond donors (Lipinski definition) is 1. The van der Waals surface area contributed by atoms with Crippen LogP contribution in [0.5, 0.6) is 0 Å². The molecule has 0 bridgehead atoms. The van der Waals surface area contributed by atoms with Crippen LogP contribution in [-0.4, -0.2) is 61.2 Å². The maximum Gasteiger partial charge on any atom is 0.303 e. The third-order valence-electron chi connectivity index (χ3n) is 3.82. The van der Waals surface area contributed by atoms with Crippen molar-refractivity contribution >= 4 is 5.97 Å². The summed E-state index contributed by atoms with van der Waals surface area (Å²) in [6.07, 6.45) is 2.71. The zero-order chi connectivity index (χ0) is 13.0. The molecule has 0 spiro atoms. The first kappa shape index (κ1) is 14.5. The van der Waals surface area contributed by atoms with Gasteiger partial charge in [-0.3, -0.25) is 4.79 Å². The number of rotatable bonds is 5. The molecule has 0 aromatic heterocycles. The van der Waals surface area contributed by atoms with Crippen molar-refractivity contribution in [2.75, 3.05) is 34.2 Å². The summed E-state index contributed by atoms with van der Waals surface area (Å²) in [6.45, 7) is 4.32. The van der Waals surface area contributed by atoms with Crippen molar-refractivity contribution in [2.24, 2.45) is 11.8 Å². The minimum atomic E-state index is -0.687. The van der Waals surface area contributed by atoms with Gasteiger partial charge in [-0.25, -0.2) is 0 Å². The Balaban J connectivity index is 2.66. The normalized spacial score (nSPS) is 25.8. The van der Waals surface area contributed by atoms with E-state index in [4.69, 9.17) is 5.11 Å². The molecule has 100 valence electrons. The van der Waals surface area contributed by atoms with E-state index in [1.807, 2.05) is 0 Å². The molecule has 3 unspecified atom stereocenters. The minimum Gasteiger partial charge on any atom is -0.481 e. The number of nitrogens with zero attached hydrogens (tertiary/aromatic N) is 2. The van der Waals surface area contributed by atoms with Gasteiger partial charge in [0, 0.05) is 19.0 Å². The van der Waals surface area contributed by atoms with E-state index in [0.717, 1.165) is 6.54 Å². The Morgan fingerprint density at radius 1 is 1.53 bits per heavy atom. The van der Waals surface area contributed by atoms with E-state index >= 15 is 0 Å². The molecule has 0 aromatic carbocycles. The molecule has 1 heterocycles. The number of aliphatic carboxylic acids is 1. The fraction of sp³-hybridized carbons (Fsp3) is 0.923. The zero-order valence-corrected chi connectivity index (χ0v) is 11.5. The molecule has 1 rings (SSSR count). The van der Waals surface area contributed by atoms with Gasteiger partial charge >= 0.3 is 5.97 Å². The minimum absolute atomic E-state index is 0.207. The maximum absolute atomic E-state index is 10.9. The molecule has 4 heteroatoms. The molecule has 0 aromatic rings. The first-order valence-electron chi connectivity index (χ1n) is 6.48. The van der Waals surface area contributed by atoms with E-state index in [1.165, 1.54) is 19.4 Å². The van der Waals surface area contributed by atoms with Gasteiger partial charge in [-0.15, -0.1) is 0 Å². The number of likely N-dealkylation sites (tertiary alicyclic amines) is 1. The average Bonchev–Trinajstić information content (AvgIpc) is 2.15. The van der Waals surface area contributed by atoms with Gasteiger partial charge in [0.1, 0.15) is 0 Å². The Labute approximate surface area is 105 Å². The molecule has 1 aliphatic heterocycles. The topological polar surface area (TPSA) is 43.8 Å². The van der Waals surface area contributed by atoms with Crippen LogP contribution in [0.25, 0.3) is 0 Å². The fourth-order valence-corrected chi connectivity index (χ4v) is 3.28. The van der Waals surface area contributed by atoms with Gasteiger partial charge in [0.25, 0.3) is 0 Å². The smallest absolute Gasteiger partial charge is 0.303 e. The number of piperidine rings is 1. The van der Waals surface area contributed by atoms with Crippen LogP contribution in [0.4, 0.5) is 0 Å². The predicted octanol–water partition coefficient (Wildman–Crippen LogP) is 1.37. The summed E-state index contributed by atoms with van der Waals surface area (Å²) >= 11 is 0. The number of hydrogen-bond acceptors (Lipinski definition) is 3. The lowest BCUT2D eigenvalue weighted by Gasteiger charge is -2.41. The third kappa shape index (κ3) is 4.28. The lowest BCUT2D eigenvalue weighted by atomic mass is 9.82. The number of carboxylic acids is 1. The lowest BCUT2D eigenvalue weighted by molar-refractivity contribution is -0.138. The van der Waals surface area contributed by atoms with Gasteiger partial charge in [-0.1, -0.05) is 6.92 Å². The highest BCUT2D eigenvalue weighted by Gasteiger charge is 2.32. The van der Waals surface area contributed by atoms with Gasteiger partial charge < -0.3 is 14.9 Å². The zero-order valence-electron chi connectivity index (χ0n) is 11.5. The van der Waals surface area contributed by atoms with E-state index in [2.05, 4.69) is 37.9 Å². The molecule has 3 atom stereocenters. The van der Waals surface area contributed by atoms with E-state index in [9.17, 15) is 4.79 Å². The van der Waals surface area contributed by atoms with Crippen LogP contribution in [0.2, 0.25) is 0 Å². The van der Waals surface area contributed by atoms with Crippen LogP contribution in [-0.2, 0) is 4.79 Å². The summed E-state index contributed by atoms with van der Waals surface area (Å²) in [5, 5.41) is 8.94. The molecule has 4 nitrogen and oxygen atoms in total. The monoisotopic (exact) mass is 242 g/mol. The second-order valence-electron chi connectivity index (χ2n) is 5.69. The lowest BCUT2D eigenvalue weighted by Crippen LogP contribution is -2.47. The highest BCUT2D eigenvalue weighted by Crippen LogP contribution is 2.27. The van der Waals surface area contributed by atoms with Gasteiger partial charge in [-0.2, -0.15) is 0 Å². The van der Waals surface area contributed by atoms with E-state index in [-0.39, 0.29) is 12.3 Å². The van der Waals surface area contributed by atoms with Crippen LogP contribution < -0.4 is 0 Å². The molecule has 0 aliphatic carbocycles. The summed E-state index contributed by atoms with van der Waals surface area (Å²) in [5.74, 6) is 0.116. The Kier molecular flexibility index (Phi) is 5.40. The van der Waals surface area contributed by atoms with Crippen molar-refractivity contribution in [1.29, 1.82) is 0 Å². The standard InChI is InChI=1S/C13H26N2O2/c1-10(8-12(16)17)13(14(2)3)11-6-5-7-15(4)9-11/h10-11,13H,5-9H2,1-4H3,(H,16,17). The second-order valence-corrected chi connectivity index (χ2v) is 5.69. The molecule has 1 aliphatic rings. The van der Waals surface area contributed by atoms with Crippen molar-refractivity contribution < 1.29 is 9.90 Å². The molecule has 1 fully saturated rings. The summed E-state index contributed by atoms with van der Waals surface area (Å²) in [7, 11) is 6.29. The molecule has 1 saturated heterocycles. The van der Waals surface area contributed by atoms with Crippen molar-refractivity contribution in [1.82, 2.24) is 9.80 Å². The number of carbonyl (C=O) groups is 1. The van der Waals surface area contributed by atoms with Crippen molar-refractivity contribution in [3.63, 3.8) is 0 Å². The van der Waals surface area contributed by atoms with Gasteiger partial charge in [0.2, 0.25) is 0 Å². The highest BCUT2D eigenvalue weighted by atomic mass is 16.4. The maximum atomic E-state index is 10.9. The molecule has 0 amide bonds. The van der Waals surface area contributed by atoms with Crippen LogP contribution in [0, 0.1) is 11.8 Å². The first-order chi connectivity index (χ1) is 7.91. The fourth-order valence-electron chi connectivity index (χ4n) is 3.28. The van der Waals surface area contributed by atoms with Crippen molar-refractivity contribution in [2.45, 2.75) is 32.2 Å². The molecular weight excluding hydrogens is 216 g/mol.